The van der Waals surface area contributed by atoms with Gasteiger partial charge in [-0.3, -0.25) is 4.79 Å². The van der Waals surface area contributed by atoms with Crippen LogP contribution in [0.4, 0.5) is 0 Å². The average Bonchev–Trinajstić information content (AvgIpc) is 3.00. The van der Waals surface area contributed by atoms with Gasteiger partial charge in [0.1, 0.15) is 6.54 Å². The number of carbonyl (C=O) groups excluding carboxylic acids is 2. The van der Waals surface area contributed by atoms with Gasteiger partial charge < -0.3 is 19.5 Å². The van der Waals surface area contributed by atoms with E-state index < -0.39 is 0 Å². The second-order valence-electron chi connectivity index (χ2n) is 7.74. The second kappa shape index (κ2) is 12.3. The van der Waals surface area contributed by atoms with Crippen LogP contribution >= 0.6 is 0 Å². The Bertz CT molecular complexity index is 859. The fourth-order valence-corrected chi connectivity index (χ4v) is 3.93. The van der Waals surface area contributed by atoms with Gasteiger partial charge in [0, 0.05) is 18.8 Å². The number of nitrogens with zero attached hydrogens (tertiary/aromatic N) is 2. The third kappa shape index (κ3) is 6.44. The zero-order valence-electron chi connectivity index (χ0n) is 19.7. The van der Waals surface area contributed by atoms with Gasteiger partial charge in [0.2, 0.25) is 5.91 Å². The van der Waals surface area contributed by atoms with Gasteiger partial charge in [0.15, 0.2) is 0 Å². The van der Waals surface area contributed by atoms with Gasteiger partial charge in [0.25, 0.3) is 0 Å². The Balaban J connectivity index is 2.21. The van der Waals surface area contributed by atoms with Crippen molar-refractivity contribution in [3.8, 4) is 11.3 Å². The summed E-state index contributed by atoms with van der Waals surface area (Å²) in [7, 11) is 0. The van der Waals surface area contributed by atoms with Crippen molar-refractivity contribution < 1.29 is 14.3 Å². The normalized spacial score (nSPS) is 11.0. The van der Waals surface area contributed by atoms with Crippen molar-refractivity contribution in [3.05, 3.63) is 47.2 Å². The molecule has 170 valence electrons. The molecule has 1 N–H and O–H groups in total. The Kier molecular flexibility index (Phi) is 9.79. The summed E-state index contributed by atoms with van der Waals surface area (Å²) in [5.41, 5.74) is 4.00. The molecule has 6 heteroatoms. The molecule has 6 nitrogen and oxygen atoms in total. The van der Waals surface area contributed by atoms with Crippen LogP contribution in [0.25, 0.3) is 11.3 Å². The molecule has 0 unspecified atom stereocenters. The Morgan fingerprint density at radius 2 is 1.77 bits per heavy atom. The van der Waals surface area contributed by atoms with Gasteiger partial charge in [-0.25, -0.2) is 4.79 Å². The van der Waals surface area contributed by atoms with E-state index in [4.69, 9.17) is 4.74 Å². The molecule has 0 atom stereocenters. The molecule has 0 saturated carbocycles. The summed E-state index contributed by atoms with van der Waals surface area (Å²) in [6.45, 7) is 13.9. The van der Waals surface area contributed by atoms with Crippen molar-refractivity contribution in [2.75, 3.05) is 32.8 Å². The maximum atomic E-state index is 12.8. The van der Waals surface area contributed by atoms with Crippen LogP contribution in [-0.4, -0.2) is 54.1 Å². The summed E-state index contributed by atoms with van der Waals surface area (Å²) in [6.07, 6.45) is 2.33. The fraction of sp³-hybridized carbons (Fsp3) is 0.520. The third-order valence-corrected chi connectivity index (χ3v) is 5.62. The molecule has 1 aromatic heterocycles. The number of hydrogen-bond donors (Lipinski definition) is 1. The molecule has 0 radical (unpaired) electrons. The lowest BCUT2D eigenvalue weighted by Gasteiger charge is -2.20. The minimum absolute atomic E-state index is 0.0581. The largest absolute Gasteiger partial charge is 0.462 e. The highest BCUT2D eigenvalue weighted by molar-refractivity contribution is 5.95. The molecule has 0 aliphatic heterocycles. The lowest BCUT2D eigenvalue weighted by Crippen LogP contribution is -2.37. The Morgan fingerprint density at radius 3 is 2.39 bits per heavy atom. The number of unbranched alkanes of at least 4 members (excludes halogenated alkanes) is 1. The number of benzene rings is 1. The maximum Gasteiger partial charge on any atom is 0.340 e. The Hall–Kier alpha value is -2.60. The van der Waals surface area contributed by atoms with Crippen molar-refractivity contribution in [3.63, 3.8) is 0 Å². The SMILES string of the molecule is CCCCN(CC)CCNC(=O)Cn1c(C)c(C(=O)OCC)c(C)c1-c1ccccc1. The maximum absolute atomic E-state index is 12.8. The molecular formula is C25H37N3O3. The highest BCUT2D eigenvalue weighted by Gasteiger charge is 2.25. The first-order valence-electron chi connectivity index (χ1n) is 11.4. The molecule has 2 aromatic rings. The number of nitrogens with one attached hydrogen (secondary N) is 1. The predicted molar refractivity (Wildman–Crippen MR) is 125 cm³/mol. The number of carbonyl (C=O) groups is 2. The van der Waals surface area contributed by atoms with Crippen molar-refractivity contribution in [2.24, 2.45) is 0 Å². The van der Waals surface area contributed by atoms with Crippen LogP contribution < -0.4 is 5.32 Å². The number of aromatic nitrogens is 1. The molecule has 2 rings (SSSR count). The molecule has 0 aliphatic rings. The molecule has 1 amide bonds. The lowest BCUT2D eigenvalue weighted by molar-refractivity contribution is -0.121. The highest BCUT2D eigenvalue weighted by atomic mass is 16.5. The van der Waals surface area contributed by atoms with Crippen LogP contribution in [0, 0.1) is 13.8 Å². The predicted octanol–water partition coefficient (Wildman–Crippen LogP) is 4.19. The first-order chi connectivity index (χ1) is 14.9. The van der Waals surface area contributed by atoms with Crippen molar-refractivity contribution in [1.82, 2.24) is 14.8 Å². The fourth-order valence-electron chi connectivity index (χ4n) is 3.93. The monoisotopic (exact) mass is 427 g/mol. The average molecular weight is 428 g/mol. The summed E-state index contributed by atoms with van der Waals surface area (Å²) < 4.78 is 7.21. The van der Waals surface area contributed by atoms with Gasteiger partial charge in [-0.05, 0) is 51.4 Å². The zero-order valence-corrected chi connectivity index (χ0v) is 19.7. The number of rotatable bonds is 12. The second-order valence-corrected chi connectivity index (χ2v) is 7.74. The van der Waals surface area contributed by atoms with E-state index in [1.54, 1.807) is 6.92 Å². The number of hydrogen-bond acceptors (Lipinski definition) is 4. The summed E-state index contributed by atoms with van der Waals surface area (Å²) in [5.74, 6) is -0.402. The standard InChI is InChI=1S/C25H37N3O3/c1-6-9-16-27(7-2)17-15-26-22(29)18-28-20(5)23(25(30)31-8-3)19(4)24(28)21-13-11-10-12-14-21/h10-14H,6-9,15-18H2,1-5H3,(H,26,29). The molecule has 1 heterocycles. The van der Waals surface area contributed by atoms with Gasteiger partial charge in [-0.15, -0.1) is 0 Å². The van der Waals surface area contributed by atoms with Gasteiger partial charge in [0.05, 0.1) is 17.9 Å². The zero-order chi connectivity index (χ0) is 22.8. The minimum Gasteiger partial charge on any atom is -0.462 e. The van der Waals surface area contributed by atoms with Gasteiger partial charge in [-0.2, -0.15) is 0 Å². The highest BCUT2D eigenvalue weighted by Crippen LogP contribution is 2.31. The Morgan fingerprint density at radius 1 is 1.06 bits per heavy atom. The van der Waals surface area contributed by atoms with E-state index in [2.05, 4.69) is 24.1 Å². The van der Waals surface area contributed by atoms with Crippen LogP contribution in [-0.2, 0) is 16.1 Å². The van der Waals surface area contributed by atoms with E-state index in [1.807, 2.05) is 48.7 Å². The smallest absolute Gasteiger partial charge is 0.340 e. The van der Waals surface area contributed by atoms with E-state index in [0.717, 1.165) is 42.1 Å². The van der Waals surface area contributed by atoms with E-state index in [-0.39, 0.29) is 18.4 Å². The molecular weight excluding hydrogens is 390 g/mol. The summed E-state index contributed by atoms with van der Waals surface area (Å²) in [4.78, 5) is 27.7. The molecule has 0 fully saturated rings. The lowest BCUT2D eigenvalue weighted by atomic mass is 10.1. The van der Waals surface area contributed by atoms with Crippen molar-refractivity contribution >= 4 is 11.9 Å². The van der Waals surface area contributed by atoms with Crippen LogP contribution in [0.15, 0.2) is 30.3 Å². The van der Waals surface area contributed by atoms with Crippen LogP contribution in [0.3, 0.4) is 0 Å². The topological polar surface area (TPSA) is 63.6 Å². The van der Waals surface area contributed by atoms with Crippen LogP contribution in [0.2, 0.25) is 0 Å². The Labute approximate surface area is 186 Å². The summed E-state index contributed by atoms with van der Waals surface area (Å²) in [5, 5.41) is 3.04. The minimum atomic E-state index is -0.344. The van der Waals surface area contributed by atoms with Crippen LogP contribution in [0.5, 0.6) is 0 Å². The van der Waals surface area contributed by atoms with E-state index in [1.165, 1.54) is 12.8 Å². The van der Waals surface area contributed by atoms with E-state index in [9.17, 15) is 9.59 Å². The summed E-state index contributed by atoms with van der Waals surface area (Å²) in [6, 6.07) is 9.87. The van der Waals surface area contributed by atoms with Gasteiger partial charge in [-0.1, -0.05) is 50.6 Å². The molecule has 0 bridgehead atoms. The quantitative estimate of drug-likeness (QED) is 0.516. The molecule has 31 heavy (non-hydrogen) atoms. The molecule has 1 aromatic carbocycles. The first-order valence-corrected chi connectivity index (χ1v) is 11.4. The van der Waals surface area contributed by atoms with Crippen molar-refractivity contribution in [1.29, 1.82) is 0 Å². The van der Waals surface area contributed by atoms with E-state index >= 15 is 0 Å². The summed E-state index contributed by atoms with van der Waals surface area (Å²) >= 11 is 0. The molecule has 0 spiro atoms. The van der Waals surface area contributed by atoms with E-state index in [0.29, 0.717) is 18.7 Å². The number of likely N-dealkylation sites (N-methyl/N-ethyl adjacent to an activating group) is 1. The number of esters is 1. The number of amides is 1. The van der Waals surface area contributed by atoms with Crippen LogP contribution in [0.1, 0.15) is 55.2 Å². The molecule has 0 aliphatic carbocycles. The van der Waals surface area contributed by atoms with Gasteiger partial charge >= 0.3 is 5.97 Å². The third-order valence-electron chi connectivity index (χ3n) is 5.62. The first kappa shape index (κ1) is 24.7. The number of ether oxygens (including phenoxy) is 1. The van der Waals surface area contributed by atoms with Crippen molar-refractivity contribution in [2.45, 2.75) is 54.0 Å². The molecule has 0 saturated heterocycles.